The summed E-state index contributed by atoms with van der Waals surface area (Å²) < 4.78 is 0. The van der Waals surface area contributed by atoms with Gasteiger partial charge in [0.1, 0.15) is 5.75 Å². The number of rotatable bonds is 0. The van der Waals surface area contributed by atoms with E-state index in [9.17, 15) is 0 Å². The van der Waals surface area contributed by atoms with Crippen molar-refractivity contribution in [3.05, 3.63) is 30.3 Å². The van der Waals surface area contributed by atoms with Crippen molar-refractivity contribution < 1.29 is 22.5 Å². The number of para-hydroxylation sites is 1. The average Bonchev–Trinajstić information content (AvgIpc) is 1.69. The summed E-state index contributed by atoms with van der Waals surface area (Å²) in [6.45, 7) is 0. The molecule has 1 aromatic rings. The summed E-state index contributed by atoms with van der Waals surface area (Å²) in [6.07, 6.45) is 0. The molecule has 0 aliphatic carbocycles. The van der Waals surface area contributed by atoms with Gasteiger partial charge in [0.05, 0.1) is 0 Å². The van der Waals surface area contributed by atoms with Gasteiger partial charge < -0.3 is 5.11 Å². The summed E-state index contributed by atoms with van der Waals surface area (Å²) >= 11 is 0. The van der Waals surface area contributed by atoms with Crippen LogP contribution in [0.3, 0.4) is 0 Å². The minimum Gasteiger partial charge on any atom is 0 e. The van der Waals surface area contributed by atoms with Gasteiger partial charge in [-0.25, -0.2) is 0 Å². The maximum Gasteiger partial charge on any atom is 0 e. The van der Waals surface area contributed by atoms with E-state index in [2.05, 4.69) is 0 Å². The Kier molecular flexibility index (Phi) is 8.21. The fourth-order valence-electron chi connectivity index (χ4n) is 0.428. The molecule has 1 rings (SSSR count). The van der Waals surface area contributed by atoms with Crippen molar-refractivity contribution in [2.24, 2.45) is 0 Å². The van der Waals surface area contributed by atoms with Crippen LogP contribution in [0.15, 0.2) is 30.3 Å². The first-order valence-corrected chi connectivity index (χ1v) is 2.13. The van der Waals surface area contributed by atoms with Crippen molar-refractivity contribution in [1.82, 2.24) is 0 Å². The van der Waals surface area contributed by atoms with E-state index < -0.39 is 0 Å². The van der Waals surface area contributed by atoms with E-state index in [1.807, 2.05) is 6.07 Å². The molecule has 0 bridgehead atoms. The van der Waals surface area contributed by atoms with Gasteiger partial charge in [0.15, 0.2) is 0 Å². The summed E-state index contributed by atoms with van der Waals surface area (Å²) in [5.74, 6) is 0.322. The third-order valence-electron chi connectivity index (χ3n) is 0.756. The molecule has 9 heavy (non-hydrogen) atoms. The number of phenols is 1. The van der Waals surface area contributed by atoms with Crippen LogP contribution in [-0.4, -0.2) is 23.1 Å². The summed E-state index contributed by atoms with van der Waals surface area (Å²) in [6, 6.07) is 8.71. The maximum absolute atomic E-state index is 8.63. The van der Waals surface area contributed by atoms with Gasteiger partial charge in [-0.05, 0) is 12.1 Å². The molecule has 0 radical (unpaired) electrons. The number of aromatic hydroxyl groups is 1. The summed E-state index contributed by atoms with van der Waals surface area (Å²) in [5, 5.41) is 8.63. The third kappa shape index (κ3) is 4.60. The minimum absolute atomic E-state index is 0. The quantitative estimate of drug-likeness (QED) is 0.624. The fourth-order valence-corrected chi connectivity index (χ4v) is 0.428. The Labute approximate surface area is 76.5 Å². The smallest absolute Gasteiger partial charge is 0 e. The van der Waals surface area contributed by atoms with Crippen molar-refractivity contribution >= 4 is 18.0 Å². The number of hydrogen-bond acceptors (Lipinski definition) is 1. The van der Waals surface area contributed by atoms with Gasteiger partial charge in [0.2, 0.25) is 0 Å². The first-order valence-electron chi connectivity index (χ1n) is 2.13. The van der Waals surface area contributed by atoms with Crippen LogP contribution in [0.2, 0.25) is 0 Å². The normalized spacial score (nSPS) is 6.67. The van der Waals surface area contributed by atoms with Crippen LogP contribution in [-0.2, 0) is 17.4 Å². The van der Waals surface area contributed by atoms with Crippen molar-refractivity contribution in [1.29, 1.82) is 0 Å². The number of hydrogen-bond donors (Lipinski definition) is 1. The minimum atomic E-state index is 0. The molecular weight excluding hydrogens is 215 g/mol. The zero-order chi connectivity index (χ0) is 5.11. The van der Waals surface area contributed by atoms with Crippen molar-refractivity contribution in [3.63, 3.8) is 0 Å². The van der Waals surface area contributed by atoms with E-state index in [0.29, 0.717) is 5.75 Å². The molecule has 1 nitrogen and oxygen atoms in total. The molecule has 1 aromatic carbocycles. The molecule has 1 unspecified atom stereocenters. The third-order valence-corrected chi connectivity index (χ3v) is 0.756. The standard InChI is InChI=1S/C6H6O.AsH3.Cr/c7-6-4-2-1-3-5-6;;/h1-5,7H;1H3;. The van der Waals surface area contributed by atoms with Gasteiger partial charge in [-0.15, -0.1) is 0 Å². The van der Waals surface area contributed by atoms with Gasteiger partial charge in [0, 0.05) is 17.4 Å². The molecule has 0 fully saturated rings. The van der Waals surface area contributed by atoms with Crippen LogP contribution in [0, 0.1) is 0 Å². The van der Waals surface area contributed by atoms with Crippen LogP contribution in [0.5, 0.6) is 5.75 Å². The van der Waals surface area contributed by atoms with Crippen LogP contribution >= 0.6 is 0 Å². The van der Waals surface area contributed by atoms with Gasteiger partial charge in [-0.2, -0.15) is 0 Å². The summed E-state index contributed by atoms with van der Waals surface area (Å²) in [4.78, 5) is 0. The molecule has 0 aliphatic rings. The molecule has 0 heterocycles. The Balaban J connectivity index is 0. The molecular formula is C6H9AsCrO. The molecule has 0 saturated carbocycles. The predicted octanol–water partition coefficient (Wildman–Crippen LogP) is 0.206. The molecule has 1 N–H and O–H groups in total. The van der Waals surface area contributed by atoms with E-state index >= 15 is 0 Å². The maximum atomic E-state index is 8.63. The van der Waals surface area contributed by atoms with Crippen molar-refractivity contribution in [2.75, 3.05) is 0 Å². The van der Waals surface area contributed by atoms with Crippen molar-refractivity contribution in [3.8, 4) is 5.75 Å². The fraction of sp³-hybridized carbons (Fsp3) is 0. The summed E-state index contributed by atoms with van der Waals surface area (Å²) in [7, 11) is 0. The SMILES string of the molecule is Oc1ccccc1.[AsH3].[Cr]. The molecule has 0 spiro atoms. The van der Waals surface area contributed by atoms with Crippen molar-refractivity contribution in [2.45, 2.75) is 0 Å². The van der Waals surface area contributed by atoms with Crippen LogP contribution in [0.4, 0.5) is 0 Å². The second-order valence-corrected chi connectivity index (χ2v) is 1.34. The topological polar surface area (TPSA) is 20.2 Å². The Morgan fingerprint density at radius 3 is 1.67 bits per heavy atom. The molecule has 0 amide bonds. The molecule has 1 atom stereocenters. The monoisotopic (exact) mass is 224 g/mol. The van der Waals surface area contributed by atoms with E-state index in [4.69, 9.17) is 5.11 Å². The van der Waals surface area contributed by atoms with E-state index in [0.717, 1.165) is 0 Å². The number of benzene rings is 1. The zero-order valence-corrected chi connectivity index (χ0v) is 9.19. The Bertz CT molecular complexity index is 143. The van der Waals surface area contributed by atoms with Crippen LogP contribution < -0.4 is 0 Å². The largest absolute Gasteiger partial charge is 0 e. The molecule has 0 saturated heterocycles. The average molecular weight is 224 g/mol. The van der Waals surface area contributed by atoms with Gasteiger partial charge in [-0.3, -0.25) is 0 Å². The Morgan fingerprint density at radius 1 is 1.00 bits per heavy atom. The van der Waals surface area contributed by atoms with E-state index in [1.54, 1.807) is 24.3 Å². The first-order chi connectivity index (χ1) is 3.39. The second kappa shape index (κ2) is 6.23. The van der Waals surface area contributed by atoms with Gasteiger partial charge in [-0.1, -0.05) is 18.2 Å². The van der Waals surface area contributed by atoms with E-state index in [-0.39, 0.29) is 35.3 Å². The van der Waals surface area contributed by atoms with Gasteiger partial charge in [0.25, 0.3) is 0 Å². The Morgan fingerprint density at radius 2 is 1.44 bits per heavy atom. The van der Waals surface area contributed by atoms with E-state index in [1.165, 1.54) is 0 Å². The van der Waals surface area contributed by atoms with Crippen LogP contribution in [0.25, 0.3) is 0 Å². The zero-order valence-electron chi connectivity index (χ0n) is 4.95. The second-order valence-electron chi connectivity index (χ2n) is 1.34. The van der Waals surface area contributed by atoms with Crippen LogP contribution in [0.1, 0.15) is 0 Å². The first kappa shape index (κ1) is 11.9. The Hall–Kier alpha value is 0.111. The molecule has 0 aliphatic heterocycles. The predicted molar refractivity (Wildman–Crippen MR) is 38.0 cm³/mol. The van der Waals surface area contributed by atoms with Gasteiger partial charge >= 0.3 is 18.0 Å². The molecule has 0 aromatic heterocycles. The summed E-state index contributed by atoms with van der Waals surface area (Å²) in [5.41, 5.74) is 0. The molecule has 3 heteroatoms. The number of phenolic OH excluding ortho intramolecular Hbond substituents is 1. The molecule has 50 valence electrons.